The molecule has 1 amide bonds. The van der Waals surface area contributed by atoms with Gasteiger partial charge in [0.2, 0.25) is 0 Å². The van der Waals surface area contributed by atoms with Gasteiger partial charge in [0.05, 0.1) is 11.6 Å². The molecule has 1 rings (SSSR count). The fourth-order valence-corrected chi connectivity index (χ4v) is 2.57. The summed E-state index contributed by atoms with van der Waals surface area (Å²) in [4.78, 5) is 24.2. The number of amides is 1. The average molecular weight is 390 g/mol. The molecule has 23 heavy (non-hydrogen) atoms. The van der Waals surface area contributed by atoms with E-state index in [2.05, 4.69) is 21.2 Å². The topological polar surface area (TPSA) is 64.6 Å². The summed E-state index contributed by atoms with van der Waals surface area (Å²) in [5, 5.41) is 2.67. The van der Waals surface area contributed by atoms with Crippen LogP contribution in [0.2, 0.25) is 0 Å². The number of benzene rings is 1. The van der Waals surface area contributed by atoms with Crippen LogP contribution in [0.3, 0.4) is 0 Å². The van der Waals surface area contributed by atoms with Crippen LogP contribution < -0.4 is 10.1 Å². The van der Waals surface area contributed by atoms with E-state index in [1.165, 1.54) is 25.3 Å². The molecule has 0 saturated heterocycles. The van der Waals surface area contributed by atoms with Crippen LogP contribution in [0, 0.1) is 5.82 Å². The van der Waals surface area contributed by atoms with Crippen LogP contribution in [0.5, 0.6) is 5.75 Å². The fourth-order valence-electron chi connectivity index (χ4n) is 2.13. The molecule has 0 aliphatic rings. The Morgan fingerprint density at radius 1 is 1.43 bits per heavy atom. The molecule has 0 aromatic heterocycles. The zero-order chi connectivity index (χ0) is 17.6. The van der Waals surface area contributed by atoms with E-state index in [0.29, 0.717) is 23.1 Å². The third kappa shape index (κ3) is 5.20. The number of hydrogen-bond acceptors (Lipinski definition) is 4. The molecular formula is C16H21BrFNO4. The van der Waals surface area contributed by atoms with Gasteiger partial charge in [-0.25, -0.2) is 9.18 Å². The highest BCUT2D eigenvalue weighted by atomic mass is 79.9. The van der Waals surface area contributed by atoms with Crippen LogP contribution in [0.25, 0.3) is 0 Å². The lowest BCUT2D eigenvalue weighted by atomic mass is 9.96. The van der Waals surface area contributed by atoms with Gasteiger partial charge in [0, 0.05) is 0 Å². The number of ether oxygens (including phenoxy) is 2. The summed E-state index contributed by atoms with van der Waals surface area (Å²) in [6.07, 6.45) is 0.279. The van der Waals surface area contributed by atoms with Crippen molar-refractivity contribution in [2.45, 2.75) is 45.3 Å². The Hall–Kier alpha value is -1.63. The first-order chi connectivity index (χ1) is 10.7. The van der Waals surface area contributed by atoms with Crippen molar-refractivity contribution in [3.8, 4) is 5.75 Å². The summed E-state index contributed by atoms with van der Waals surface area (Å²) < 4.78 is 23.7. The fraction of sp³-hybridized carbons (Fsp3) is 0.500. The number of halogens is 2. The van der Waals surface area contributed by atoms with Crippen molar-refractivity contribution in [1.82, 2.24) is 5.32 Å². The van der Waals surface area contributed by atoms with Crippen molar-refractivity contribution in [1.29, 1.82) is 0 Å². The van der Waals surface area contributed by atoms with Gasteiger partial charge in [-0.1, -0.05) is 13.3 Å². The summed E-state index contributed by atoms with van der Waals surface area (Å²) in [5.74, 6) is -1.04. The summed E-state index contributed by atoms with van der Waals surface area (Å²) >= 11 is 3.17. The van der Waals surface area contributed by atoms with Gasteiger partial charge in [0.15, 0.2) is 6.10 Å². The lowest BCUT2D eigenvalue weighted by Gasteiger charge is -2.29. The summed E-state index contributed by atoms with van der Waals surface area (Å²) in [6, 6.07) is 3.91. The largest absolute Gasteiger partial charge is 0.480 e. The maximum absolute atomic E-state index is 13.1. The van der Waals surface area contributed by atoms with Gasteiger partial charge in [-0.3, -0.25) is 4.79 Å². The second kappa shape index (κ2) is 8.29. The van der Waals surface area contributed by atoms with E-state index in [9.17, 15) is 14.0 Å². The number of carbonyl (C=O) groups is 2. The second-order valence-electron chi connectivity index (χ2n) is 5.40. The third-order valence-corrected chi connectivity index (χ3v) is 3.97. The molecule has 5 nitrogen and oxygen atoms in total. The quantitative estimate of drug-likeness (QED) is 0.727. The average Bonchev–Trinajstić information content (AvgIpc) is 2.49. The highest BCUT2D eigenvalue weighted by Crippen LogP contribution is 2.26. The van der Waals surface area contributed by atoms with Crippen molar-refractivity contribution in [2.75, 3.05) is 7.11 Å². The van der Waals surface area contributed by atoms with Crippen LogP contribution in [0.15, 0.2) is 22.7 Å². The van der Waals surface area contributed by atoms with Gasteiger partial charge in [-0.15, -0.1) is 0 Å². The molecule has 1 aromatic rings. The van der Waals surface area contributed by atoms with Gasteiger partial charge >= 0.3 is 5.97 Å². The van der Waals surface area contributed by atoms with E-state index < -0.39 is 29.3 Å². The van der Waals surface area contributed by atoms with Crippen LogP contribution in [0.1, 0.15) is 33.6 Å². The minimum Gasteiger partial charge on any atom is -0.480 e. The van der Waals surface area contributed by atoms with Crippen molar-refractivity contribution >= 4 is 27.8 Å². The minimum atomic E-state index is -1.11. The van der Waals surface area contributed by atoms with E-state index >= 15 is 0 Å². The van der Waals surface area contributed by atoms with Crippen LogP contribution >= 0.6 is 15.9 Å². The first-order valence-electron chi connectivity index (χ1n) is 7.25. The Morgan fingerprint density at radius 3 is 2.61 bits per heavy atom. The molecule has 1 N–H and O–H groups in total. The predicted molar refractivity (Wildman–Crippen MR) is 87.7 cm³/mol. The second-order valence-corrected chi connectivity index (χ2v) is 6.25. The first kappa shape index (κ1) is 19.4. The van der Waals surface area contributed by atoms with E-state index in [0.717, 1.165) is 0 Å². The van der Waals surface area contributed by atoms with E-state index in [1.807, 2.05) is 6.92 Å². The minimum absolute atomic E-state index is 0.337. The number of hydrogen-bond donors (Lipinski definition) is 1. The zero-order valence-corrected chi connectivity index (χ0v) is 15.2. The Bertz CT molecular complexity index is 581. The van der Waals surface area contributed by atoms with Gasteiger partial charge in [-0.05, 0) is 54.4 Å². The molecule has 0 spiro atoms. The van der Waals surface area contributed by atoms with E-state index in [1.54, 1.807) is 13.8 Å². The first-order valence-corrected chi connectivity index (χ1v) is 8.05. The number of carbonyl (C=O) groups excluding carboxylic acids is 2. The maximum atomic E-state index is 13.1. The highest BCUT2D eigenvalue weighted by Gasteiger charge is 2.36. The van der Waals surface area contributed by atoms with E-state index in [-0.39, 0.29) is 0 Å². The number of rotatable bonds is 7. The highest BCUT2D eigenvalue weighted by molar-refractivity contribution is 9.10. The van der Waals surface area contributed by atoms with Gasteiger partial charge < -0.3 is 14.8 Å². The van der Waals surface area contributed by atoms with Crippen LogP contribution in [-0.4, -0.2) is 30.6 Å². The summed E-state index contributed by atoms with van der Waals surface area (Å²) in [7, 11) is 1.28. The van der Waals surface area contributed by atoms with Crippen LogP contribution in [0.4, 0.5) is 4.39 Å². The predicted octanol–water partition coefficient (Wildman–Crippen LogP) is 3.20. The van der Waals surface area contributed by atoms with E-state index in [4.69, 9.17) is 9.47 Å². The van der Waals surface area contributed by atoms with Crippen LogP contribution in [-0.2, 0) is 14.3 Å². The third-order valence-electron chi connectivity index (χ3n) is 3.35. The molecule has 0 heterocycles. The Kier molecular flexibility index (Phi) is 7.00. The number of methoxy groups -OCH3 is 1. The van der Waals surface area contributed by atoms with Crippen molar-refractivity contribution in [3.05, 3.63) is 28.5 Å². The smallest absolute Gasteiger partial charge is 0.331 e. The molecule has 0 aliphatic heterocycles. The molecule has 1 aromatic carbocycles. The summed E-state index contributed by atoms with van der Waals surface area (Å²) in [5.41, 5.74) is -1.11. The lowest BCUT2D eigenvalue weighted by Crippen LogP contribution is -2.55. The standard InChI is InChI=1S/C16H21BrFNO4/c1-5-8-16(3,15(21)22-4)19-14(20)10(2)23-13-7-6-11(18)9-12(13)17/h6-7,9-10H,5,8H2,1-4H3,(H,19,20). The molecule has 2 atom stereocenters. The molecule has 0 fully saturated rings. The van der Waals surface area contributed by atoms with Gasteiger partial charge in [-0.2, -0.15) is 0 Å². The van der Waals surface area contributed by atoms with Crippen molar-refractivity contribution < 1.29 is 23.5 Å². The molecule has 128 valence electrons. The lowest BCUT2D eigenvalue weighted by molar-refractivity contribution is -0.151. The monoisotopic (exact) mass is 389 g/mol. The molecule has 0 bridgehead atoms. The number of esters is 1. The van der Waals surface area contributed by atoms with Gasteiger partial charge in [0.1, 0.15) is 17.1 Å². The molecule has 0 aliphatic carbocycles. The molecule has 2 unspecified atom stereocenters. The Labute approximate surface area is 143 Å². The maximum Gasteiger partial charge on any atom is 0.331 e. The SMILES string of the molecule is CCCC(C)(NC(=O)C(C)Oc1ccc(F)cc1Br)C(=O)OC. The normalized spacial score (nSPS) is 14.5. The molecular weight excluding hydrogens is 369 g/mol. The van der Waals surface area contributed by atoms with Crippen molar-refractivity contribution in [3.63, 3.8) is 0 Å². The number of nitrogens with one attached hydrogen (secondary N) is 1. The molecule has 7 heteroatoms. The van der Waals surface area contributed by atoms with Crippen molar-refractivity contribution in [2.24, 2.45) is 0 Å². The summed E-state index contributed by atoms with van der Waals surface area (Å²) in [6.45, 7) is 5.07. The Balaban J connectivity index is 2.81. The molecule has 0 radical (unpaired) electrons. The Morgan fingerprint density at radius 2 is 2.09 bits per heavy atom. The molecule has 0 saturated carbocycles. The zero-order valence-electron chi connectivity index (χ0n) is 13.6. The van der Waals surface area contributed by atoms with Gasteiger partial charge in [0.25, 0.3) is 5.91 Å².